The lowest BCUT2D eigenvalue weighted by Gasteiger charge is -2.71. The third-order valence-corrected chi connectivity index (χ3v) is 13.6. The third-order valence-electron chi connectivity index (χ3n) is 13.6. The average Bonchev–Trinajstić information content (AvgIpc) is 2.74. The zero-order valence-electron chi connectivity index (χ0n) is 23.7. The quantitative estimate of drug-likeness (QED) is 0.284. The molecule has 2 heteroatoms. The molecule has 0 aromatic heterocycles. The van der Waals surface area contributed by atoms with E-state index in [1.165, 1.54) is 51.4 Å². The molecule has 192 valence electrons. The third kappa shape index (κ3) is 3.08. The van der Waals surface area contributed by atoms with Gasteiger partial charge in [0.05, 0.1) is 0 Å². The topological polar surface area (TPSA) is 26.3 Å². The molecular weight excluding hydrogens is 416 g/mol. The van der Waals surface area contributed by atoms with E-state index in [0.717, 1.165) is 30.1 Å². The Bertz CT molecular complexity index is 885. The first kappa shape index (κ1) is 24.9. The second-order valence-electron chi connectivity index (χ2n) is 15.3. The highest BCUT2D eigenvalue weighted by Gasteiger charge is 2.68. The summed E-state index contributed by atoms with van der Waals surface area (Å²) in [7, 11) is 0. The van der Waals surface area contributed by atoms with Crippen molar-refractivity contribution in [3.05, 3.63) is 11.6 Å². The number of carbonyl (C=O) groups is 1. The summed E-state index contributed by atoms with van der Waals surface area (Å²) in [4.78, 5) is 11.9. The summed E-state index contributed by atoms with van der Waals surface area (Å²) in [5.41, 5.74) is 3.44. The predicted octanol–water partition coefficient (Wildman–Crippen LogP) is 8.60. The summed E-state index contributed by atoms with van der Waals surface area (Å²) in [5, 5.41) is 0. The van der Waals surface area contributed by atoms with Gasteiger partial charge in [-0.2, -0.15) is 0 Å². The second-order valence-corrected chi connectivity index (χ2v) is 15.3. The molecule has 0 aliphatic heterocycles. The first-order valence-corrected chi connectivity index (χ1v) is 14.6. The van der Waals surface area contributed by atoms with E-state index in [-0.39, 0.29) is 17.5 Å². The molecule has 0 amide bonds. The van der Waals surface area contributed by atoms with Crippen molar-refractivity contribution in [3.8, 4) is 0 Å². The van der Waals surface area contributed by atoms with Gasteiger partial charge in [-0.1, -0.05) is 67.0 Å². The van der Waals surface area contributed by atoms with E-state index in [9.17, 15) is 4.79 Å². The number of ether oxygens (including phenoxy) is 1. The molecule has 4 saturated carbocycles. The van der Waals surface area contributed by atoms with Crippen molar-refractivity contribution in [1.82, 2.24) is 0 Å². The molecule has 4 fully saturated rings. The fourth-order valence-electron chi connectivity index (χ4n) is 11.2. The maximum Gasteiger partial charge on any atom is 0.302 e. The molecule has 10 atom stereocenters. The van der Waals surface area contributed by atoms with Crippen LogP contribution in [-0.2, 0) is 9.53 Å². The summed E-state index contributed by atoms with van der Waals surface area (Å²) in [6, 6.07) is 0. The highest BCUT2D eigenvalue weighted by Crippen LogP contribution is 2.75. The Kier molecular flexibility index (Phi) is 5.57. The van der Waals surface area contributed by atoms with E-state index in [2.05, 4.69) is 61.5 Å². The minimum absolute atomic E-state index is 0.0450. The molecule has 5 aliphatic carbocycles. The van der Waals surface area contributed by atoms with E-state index in [1.807, 2.05) is 5.57 Å². The Labute approximate surface area is 210 Å². The van der Waals surface area contributed by atoms with Crippen LogP contribution in [0.25, 0.3) is 0 Å². The molecule has 0 saturated heterocycles. The van der Waals surface area contributed by atoms with Crippen molar-refractivity contribution in [2.24, 2.45) is 56.7 Å². The lowest BCUT2D eigenvalue weighted by molar-refractivity contribution is -0.212. The molecule has 0 heterocycles. The summed E-state index contributed by atoms with van der Waals surface area (Å²) in [6.45, 7) is 22.1. The van der Waals surface area contributed by atoms with Crippen molar-refractivity contribution in [1.29, 1.82) is 0 Å². The fraction of sp³-hybridized carbons (Fsp3) is 0.906. The number of esters is 1. The van der Waals surface area contributed by atoms with Gasteiger partial charge in [0.1, 0.15) is 6.10 Å². The largest absolute Gasteiger partial charge is 0.462 e. The molecule has 0 unspecified atom stereocenters. The van der Waals surface area contributed by atoms with Crippen molar-refractivity contribution in [2.75, 3.05) is 0 Å². The highest BCUT2D eigenvalue weighted by molar-refractivity contribution is 5.66. The van der Waals surface area contributed by atoms with Crippen LogP contribution in [-0.4, -0.2) is 12.1 Å². The van der Waals surface area contributed by atoms with Gasteiger partial charge in [-0.15, -0.1) is 0 Å². The molecule has 0 radical (unpaired) electrons. The minimum atomic E-state index is -0.110. The Morgan fingerprint density at radius 2 is 1.59 bits per heavy atom. The molecular formula is C32H52O2. The van der Waals surface area contributed by atoms with E-state index in [4.69, 9.17) is 4.74 Å². The molecule has 2 nitrogen and oxygen atoms in total. The van der Waals surface area contributed by atoms with Gasteiger partial charge in [-0.3, -0.25) is 4.79 Å². The molecule has 0 aromatic carbocycles. The zero-order valence-corrected chi connectivity index (χ0v) is 23.7. The number of hydrogen-bond donors (Lipinski definition) is 0. The molecule has 5 aliphatic rings. The van der Waals surface area contributed by atoms with Crippen LogP contribution in [0.4, 0.5) is 0 Å². The van der Waals surface area contributed by atoms with Crippen molar-refractivity contribution < 1.29 is 9.53 Å². The minimum Gasteiger partial charge on any atom is -0.462 e. The zero-order chi connectivity index (χ0) is 24.9. The van der Waals surface area contributed by atoms with Crippen LogP contribution in [0, 0.1) is 56.7 Å². The van der Waals surface area contributed by atoms with Crippen molar-refractivity contribution in [2.45, 2.75) is 126 Å². The van der Waals surface area contributed by atoms with E-state index < -0.39 is 0 Å². The molecule has 34 heavy (non-hydrogen) atoms. The molecule has 0 spiro atoms. The van der Waals surface area contributed by atoms with Crippen LogP contribution in [0.1, 0.15) is 120 Å². The summed E-state index contributed by atoms with van der Waals surface area (Å²) < 4.78 is 5.91. The Morgan fingerprint density at radius 1 is 0.882 bits per heavy atom. The maximum atomic E-state index is 11.9. The van der Waals surface area contributed by atoms with Gasteiger partial charge in [0.25, 0.3) is 0 Å². The number of fused-ring (bicyclic) bond motifs is 7. The summed E-state index contributed by atoms with van der Waals surface area (Å²) in [6.07, 6.45) is 14.6. The molecule has 5 rings (SSSR count). The standard InChI is InChI=1S/C32H52O2/c1-20-12-15-29(6)18-19-31(8)23(27(29)21(20)2)10-11-25-30(7)16-14-26(34-22(3)33)28(4,5)24(30)13-17-32(25,31)9/h10,20-21,24-27H,11-19H2,1-9H3/t20-,21-,24+,25+,26+,27+,29+,30+,31+,32-/m1/s1. The Morgan fingerprint density at radius 3 is 2.26 bits per heavy atom. The summed E-state index contributed by atoms with van der Waals surface area (Å²) >= 11 is 0. The van der Waals surface area contributed by atoms with E-state index in [0.29, 0.717) is 27.6 Å². The van der Waals surface area contributed by atoms with E-state index >= 15 is 0 Å². The number of carbonyl (C=O) groups excluding carboxylic acids is 1. The van der Waals surface area contributed by atoms with Gasteiger partial charge in [-0.25, -0.2) is 0 Å². The van der Waals surface area contributed by atoms with Gasteiger partial charge in [0.15, 0.2) is 0 Å². The SMILES string of the molecule is CC(=O)O[C@H]1CC[C@@]2(C)[C@@H](CC[C@]3(C)[C@H]2CC=C2[C@@H]4[C@H](C)[C@H](C)CC[C@@]4(C)CC[C@@]23C)C1(C)C. The van der Waals surface area contributed by atoms with Crippen LogP contribution in [0.15, 0.2) is 11.6 Å². The van der Waals surface area contributed by atoms with Crippen molar-refractivity contribution >= 4 is 5.97 Å². The normalized spacial score (nSPS) is 54.0. The van der Waals surface area contributed by atoms with Crippen LogP contribution in [0.5, 0.6) is 0 Å². The van der Waals surface area contributed by atoms with Gasteiger partial charge < -0.3 is 4.74 Å². The highest BCUT2D eigenvalue weighted by atomic mass is 16.5. The lowest BCUT2D eigenvalue weighted by Crippen LogP contribution is -2.65. The van der Waals surface area contributed by atoms with Gasteiger partial charge in [0.2, 0.25) is 0 Å². The van der Waals surface area contributed by atoms with Gasteiger partial charge in [0, 0.05) is 12.3 Å². The number of rotatable bonds is 1. The second kappa shape index (κ2) is 7.61. The van der Waals surface area contributed by atoms with Gasteiger partial charge in [-0.05, 0) is 109 Å². The first-order valence-electron chi connectivity index (χ1n) is 14.6. The van der Waals surface area contributed by atoms with Crippen LogP contribution < -0.4 is 0 Å². The van der Waals surface area contributed by atoms with Crippen LogP contribution in [0.2, 0.25) is 0 Å². The Balaban J connectivity index is 1.54. The summed E-state index contributed by atoms with van der Waals surface area (Å²) in [5.74, 6) is 3.66. The molecule has 0 N–H and O–H groups in total. The van der Waals surface area contributed by atoms with Crippen LogP contribution in [0.3, 0.4) is 0 Å². The monoisotopic (exact) mass is 468 g/mol. The predicted molar refractivity (Wildman–Crippen MR) is 140 cm³/mol. The van der Waals surface area contributed by atoms with Gasteiger partial charge >= 0.3 is 5.97 Å². The molecule has 0 aromatic rings. The average molecular weight is 469 g/mol. The van der Waals surface area contributed by atoms with E-state index in [1.54, 1.807) is 6.92 Å². The van der Waals surface area contributed by atoms with Crippen LogP contribution >= 0.6 is 0 Å². The molecule has 0 bridgehead atoms. The Hall–Kier alpha value is -0.790. The first-order chi connectivity index (χ1) is 15.7. The lowest BCUT2D eigenvalue weighted by atomic mass is 9.33. The number of allylic oxidation sites excluding steroid dienone is 2. The number of hydrogen-bond acceptors (Lipinski definition) is 2. The maximum absolute atomic E-state index is 11.9. The van der Waals surface area contributed by atoms with Crippen molar-refractivity contribution in [3.63, 3.8) is 0 Å². The smallest absolute Gasteiger partial charge is 0.302 e. The fourth-order valence-corrected chi connectivity index (χ4v) is 11.2.